The van der Waals surface area contributed by atoms with Crippen molar-refractivity contribution in [3.05, 3.63) is 72.6 Å². The maximum Gasteiger partial charge on any atom is 0.315 e. The van der Waals surface area contributed by atoms with E-state index >= 15 is 0 Å². The molecule has 2 aromatic rings. The minimum Gasteiger partial charge on any atom is -0.368 e. The fourth-order valence-electron chi connectivity index (χ4n) is 4.04. The molecule has 34 heavy (non-hydrogen) atoms. The van der Waals surface area contributed by atoms with Crippen molar-refractivity contribution >= 4 is 23.8 Å². The number of carbonyl (C=O) groups excluding carboxylic acids is 4. The van der Waals surface area contributed by atoms with Crippen LogP contribution < -0.4 is 21.7 Å². The van der Waals surface area contributed by atoms with Crippen LogP contribution in [0.4, 0.5) is 4.79 Å². The summed E-state index contributed by atoms with van der Waals surface area (Å²) in [5, 5.41) is 8.07. The summed E-state index contributed by atoms with van der Waals surface area (Å²) in [5.74, 6) is -1.60. The number of aromatic nitrogens is 1. The summed E-state index contributed by atoms with van der Waals surface area (Å²) in [4.78, 5) is 52.5. The molecule has 10 heteroatoms. The second-order valence-electron chi connectivity index (χ2n) is 8.14. The maximum absolute atomic E-state index is 13.4. The fraction of sp³-hybridized carbons (Fsp3) is 0.333. The molecule has 1 aliphatic rings. The summed E-state index contributed by atoms with van der Waals surface area (Å²) >= 11 is 0. The van der Waals surface area contributed by atoms with Crippen molar-refractivity contribution < 1.29 is 19.2 Å². The van der Waals surface area contributed by atoms with Gasteiger partial charge in [0.05, 0.1) is 6.04 Å². The number of nitrogens with one attached hydrogen (secondary N) is 3. The van der Waals surface area contributed by atoms with E-state index in [-0.39, 0.29) is 25.4 Å². The van der Waals surface area contributed by atoms with Crippen LogP contribution in [0.1, 0.15) is 22.5 Å². The predicted molar refractivity (Wildman–Crippen MR) is 127 cm³/mol. The first-order valence-corrected chi connectivity index (χ1v) is 11.0. The first kappa shape index (κ1) is 24.6. The quantitative estimate of drug-likeness (QED) is 0.395. The number of benzene rings is 1. The van der Waals surface area contributed by atoms with Crippen molar-refractivity contribution in [3.63, 3.8) is 0 Å². The van der Waals surface area contributed by atoms with Crippen molar-refractivity contribution in [3.8, 4) is 0 Å². The third-order valence-corrected chi connectivity index (χ3v) is 5.76. The van der Waals surface area contributed by atoms with Crippen molar-refractivity contribution in [2.45, 2.75) is 31.0 Å². The molecule has 10 nitrogen and oxygen atoms in total. The Bertz CT molecular complexity index is 1050. The monoisotopic (exact) mass is 466 g/mol. The zero-order valence-electron chi connectivity index (χ0n) is 19.1. The van der Waals surface area contributed by atoms with Crippen LogP contribution in [-0.2, 0) is 23.1 Å². The average molecular weight is 467 g/mol. The number of amides is 5. The van der Waals surface area contributed by atoms with E-state index in [1.807, 2.05) is 30.3 Å². The minimum absolute atomic E-state index is 0.207. The molecule has 0 aliphatic carbocycles. The summed E-state index contributed by atoms with van der Waals surface area (Å²) in [5.41, 5.74) is 6.80. The summed E-state index contributed by atoms with van der Waals surface area (Å²) < 4.78 is 1.66. The molecule has 0 bridgehead atoms. The van der Waals surface area contributed by atoms with Gasteiger partial charge in [0.2, 0.25) is 11.8 Å². The normalized spacial score (nSPS) is 18.1. The predicted octanol–water partition coefficient (Wildman–Crippen LogP) is 0.306. The summed E-state index contributed by atoms with van der Waals surface area (Å²) in [6.07, 6.45) is 3.85. The molecule has 5 amide bonds. The van der Waals surface area contributed by atoms with Crippen LogP contribution in [-0.4, -0.2) is 64.4 Å². The van der Waals surface area contributed by atoms with Crippen molar-refractivity contribution in [1.29, 1.82) is 0 Å². The zero-order chi connectivity index (χ0) is 24.7. The number of carbonyl (C=O) groups is 4. The van der Waals surface area contributed by atoms with Crippen LogP contribution in [0.3, 0.4) is 0 Å². The highest BCUT2D eigenvalue weighted by Crippen LogP contribution is 2.22. The molecule has 1 aromatic heterocycles. The third-order valence-electron chi connectivity index (χ3n) is 5.76. The van der Waals surface area contributed by atoms with Crippen LogP contribution in [0.2, 0.25) is 0 Å². The molecule has 0 saturated carbocycles. The van der Waals surface area contributed by atoms with E-state index in [9.17, 15) is 19.2 Å². The Morgan fingerprint density at radius 2 is 1.91 bits per heavy atom. The lowest BCUT2D eigenvalue weighted by Crippen LogP contribution is -2.59. The Morgan fingerprint density at radius 1 is 1.18 bits per heavy atom. The van der Waals surface area contributed by atoms with Crippen LogP contribution in [0.5, 0.6) is 0 Å². The molecule has 0 unspecified atom stereocenters. The first-order chi connectivity index (χ1) is 16.3. The minimum atomic E-state index is -1.02. The van der Waals surface area contributed by atoms with E-state index in [0.29, 0.717) is 12.1 Å². The van der Waals surface area contributed by atoms with Gasteiger partial charge in [0.1, 0.15) is 17.8 Å². The number of likely N-dealkylation sites (tertiary alicyclic amines) is 1. The van der Waals surface area contributed by atoms with E-state index in [1.54, 1.807) is 29.9 Å². The lowest BCUT2D eigenvalue weighted by Gasteiger charge is -2.29. The van der Waals surface area contributed by atoms with E-state index < -0.39 is 36.0 Å². The molecule has 0 spiro atoms. The molecule has 3 rings (SSSR count). The number of nitrogens with zero attached hydrogens (tertiary/aromatic N) is 2. The van der Waals surface area contributed by atoms with Gasteiger partial charge in [-0.2, -0.15) is 0 Å². The van der Waals surface area contributed by atoms with E-state index in [4.69, 9.17) is 5.73 Å². The summed E-state index contributed by atoms with van der Waals surface area (Å²) in [6, 6.07) is 9.44. The van der Waals surface area contributed by atoms with Gasteiger partial charge in [-0.15, -0.1) is 6.58 Å². The number of urea groups is 1. The topological polar surface area (TPSA) is 139 Å². The molecule has 1 aromatic carbocycles. The number of nitrogens with two attached hydrogens (primary N) is 1. The second kappa shape index (κ2) is 11.2. The SMILES string of the molecule is C=CCNC(=O)N[C@H]1CCN(C(=O)c2cccn2C)[C@@H]1C(=O)N[C@H](Cc1ccccc1)C(N)=O. The van der Waals surface area contributed by atoms with E-state index in [1.165, 1.54) is 11.0 Å². The fourth-order valence-corrected chi connectivity index (χ4v) is 4.04. The van der Waals surface area contributed by atoms with Gasteiger partial charge in [0.25, 0.3) is 5.91 Å². The molecule has 0 radical (unpaired) electrons. The van der Waals surface area contributed by atoms with Gasteiger partial charge in [0, 0.05) is 32.8 Å². The largest absolute Gasteiger partial charge is 0.368 e. The highest BCUT2D eigenvalue weighted by molar-refractivity contribution is 5.98. The smallest absolute Gasteiger partial charge is 0.315 e. The maximum atomic E-state index is 13.4. The van der Waals surface area contributed by atoms with Crippen LogP contribution in [0.25, 0.3) is 0 Å². The second-order valence-corrected chi connectivity index (χ2v) is 8.14. The average Bonchev–Trinajstić information content (AvgIpc) is 3.43. The van der Waals surface area contributed by atoms with Crippen molar-refractivity contribution in [1.82, 2.24) is 25.4 Å². The lowest BCUT2D eigenvalue weighted by molar-refractivity contribution is -0.130. The highest BCUT2D eigenvalue weighted by Gasteiger charge is 2.44. The van der Waals surface area contributed by atoms with Crippen molar-refractivity contribution in [2.24, 2.45) is 12.8 Å². The highest BCUT2D eigenvalue weighted by atomic mass is 16.2. The van der Waals surface area contributed by atoms with Gasteiger partial charge in [-0.05, 0) is 24.1 Å². The lowest BCUT2D eigenvalue weighted by atomic mass is 10.0. The Labute approximate surface area is 198 Å². The number of hydrogen-bond acceptors (Lipinski definition) is 4. The zero-order valence-corrected chi connectivity index (χ0v) is 19.1. The van der Waals surface area contributed by atoms with Gasteiger partial charge < -0.3 is 31.2 Å². The van der Waals surface area contributed by atoms with E-state index in [2.05, 4.69) is 22.5 Å². The van der Waals surface area contributed by atoms with Gasteiger partial charge in [-0.1, -0.05) is 36.4 Å². The standard InChI is InChI=1S/C24H30N6O4/c1-3-12-26-24(34)28-17-11-14-30(23(33)19-10-7-13-29(19)2)20(17)22(32)27-18(21(25)31)15-16-8-5-4-6-9-16/h3-10,13,17-18,20H,1,11-12,14-15H2,2H3,(H2,25,31)(H,27,32)(H2,26,28,34)/t17-,18+,20-/m0/s1. The van der Waals surface area contributed by atoms with Crippen LogP contribution >= 0.6 is 0 Å². The van der Waals surface area contributed by atoms with Gasteiger partial charge in [-0.25, -0.2) is 4.79 Å². The Balaban J connectivity index is 1.82. The Kier molecular flexibility index (Phi) is 8.07. The third kappa shape index (κ3) is 5.83. The van der Waals surface area contributed by atoms with Gasteiger partial charge >= 0.3 is 6.03 Å². The summed E-state index contributed by atoms with van der Waals surface area (Å²) in [7, 11) is 1.74. The summed E-state index contributed by atoms with van der Waals surface area (Å²) in [6.45, 7) is 4.07. The molecular weight excluding hydrogens is 436 g/mol. The Hall–Kier alpha value is -4.08. The van der Waals surface area contributed by atoms with Crippen LogP contribution in [0.15, 0.2) is 61.3 Å². The molecular formula is C24H30N6O4. The molecule has 3 atom stereocenters. The molecule has 5 N–H and O–H groups in total. The molecule has 1 fully saturated rings. The molecule has 1 saturated heterocycles. The van der Waals surface area contributed by atoms with E-state index in [0.717, 1.165) is 5.56 Å². The van der Waals surface area contributed by atoms with Crippen molar-refractivity contribution in [2.75, 3.05) is 13.1 Å². The molecule has 2 heterocycles. The number of hydrogen-bond donors (Lipinski definition) is 4. The Morgan fingerprint density at radius 3 is 2.53 bits per heavy atom. The number of aryl methyl sites for hydroxylation is 1. The molecule has 1 aliphatic heterocycles. The number of rotatable bonds is 9. The van der Waals surface area contributed by atoms with Crippen LogP contribution in [0, 0.1) is 0 Å². The van der Waals surface area contributed by atoms with Gasteiger partial charge in [0.15, 0.2) is 0 Å². The van der Waals surface area contributed by atoms with Gasteiger partial charge in [-0.3, -0.25) is 14.4 Å². The molecule has 180 valence electrons. The number of primary amides is 1. The first-order valence-electron chi connectivity index (χ1n) is 11.0.